The van der Waals surface area contributed by atoms with Gasteiger partial charge >= 0.3 is 0 Å². The fourth-order valence-electron chi connectivity index (χ4n) is 11.0. The van der Waals surface area contributed by atoms with Crippen molar-refractivity contribution in [1.29, 1.82) is 0 Å². The molecule has 1 aromatic heterocycles. The number of aromatic nitrogens is 1. The van der Waals surface area contributed by atoms with Crippen LogP contribution in [0.1, 0.15) is 136 Å². The van der Waals surface area contributed by atoms with Gasteiger partial charge in [0.2, 0.25) is 0 Å². The standard InChI is InChI=1S/C37H43N/c1-37(2,3)29-5-7-33-32(19-29)34-27-14-22-9-23(15-27)17-28(16-22)35(34)36(38-33)24-4-6-30-25-10-20-8-21(11-25)13-26(12-20)31(30)18-24/h4-7,18-23,25-28H,8-17H2,1-3H3. The molecule has 4 saturated carbocycles. The number of benzene rings is 2. The molecular weight excluding hydrogens is 458 g/mol. The minimum atomic E-state index is 0.164. The van der Waals surface area contributed by atoms with Gasteiger partial charge in [-0.1, -0.05) is 39.0 Å². The molecule has 1 heteroatoms. The van der Waals surface area contributed by atoms with Crippen LogP contribution in [0.15, 0.2) is 36.4 Å². The minimum Gasteiger partial charge on any atom is -0.247 e. The first-order valence-electron chi connectivity index (χ1n) is 16.0. The largest absolute Gasteiger partial charge is 0.247 e. The van der Waals surface area contributed by atoms with E-state index in [1.807, 2.05) is 0 Å². The average molecular weight is 502 g/mol. The summed E-state index contributed by atoms with van der Waals surface area (Å²) in [5, 5.41) is 1.49. The number of nitrogens with zero attached hydrogens (tertiary/aromatic N) is 1. The summed E-state index contributed by atoms with van der Waals surface area (Å²) < 4.78 is 0. The van der Waals surface area contributed by atoms with Crippen LogP contribution in [0.5, 0.6) is 0 Å². The first-order valence-corrected chi connectivity index (χ1v) is 16.0. The molecular formula is C37H43N. The molecule has 0 aliphatic heterocycles. The lowest BCUT2D eigenvalue weighted by Gasteiger charge is -2.38. The number of pyridine rings is 1. The zero-order chi connectivity index (χ0) is 25.3. The van der Waals surface area contributed by atoms with Crippen molar-refractivity contribution in [3.05, 3.63) is 64.2 Å². The van der Waals surface area contributed by atoms with E-state index in [4.69, 9.17) is 4.98 Å². The van der Waals surface area contributed by atoms with E-state index in [-0.39, 0.29) is 5.41 Å². The van der Waals surface area contributed by atoms with Crippen molar-refractivity contribution >= 4 is 10.9 Å². The number of hydrogen-bond acceptors (Lipinski definition) is 1. The second-order valence-corrected chi connectivity index (χ2v) is 15.7. The Morgan fingerprint density at radius 3 is 1.79 bits per heavy atom. The summed E-state index contributed by atoms with van der Waals surface area (Å²) in [6, 6.07) is 15.0. The normalized spacial score (nSPS) is 36.3. The van der Waals surface area contributed by atoms with E-state index in [9.17, 15) is 0 Å². The molecule has 4 atom stereocenters. The van der Waals surface area contributed by atoms with Gasteiger partial charge in [-0.15, -0.1) is 0 Å². The lowest BCUT2D eigenvalue weighted by atomic mass is 9.67. The molecule has 0 N–H and O–H groups in total. The van der Waals surface area contributed by atoms with Gasteiger partial charge in [-0.25, -0.2) is 4.98 Å². The summed E-state index contributed by atoms with van der Waals surface area (Å²) >= 11 is 0. The number of rotatable bonds is 1. The Hall–Kier alpha value is -2.15. The van der Waals surface area contributed by atoms with Crippen molar-refractivity contribution < 1.29 is 0 Å². The molecule has 0 amide bonds. The zero-order valence-corrected chi connectivity index (χ0v) is 23.6. The van der Waals surface area contributed by atoms with E-state index in [2.05, 4.69) is 57.2 Å². The van der Waals surface area contributed by atoms with Crippen LogP contribution in [0, 0.1) is 23.7 Å². The van der Waals surface area contributed by atoms with Gasteiger partial charge in [0.05, 0.1) is 11.2 Å². The SMILES string of the molecule is CC(C)(C)c1ccc2nc(-c3ccc4c(c3)C3CC5CC(CC4C5)C3)c3c(c2c1)C1CC2CC(CC3C2)C1. The fraction of sp³-hybridized carbons (Fsp3) is 0.595. The van der Waals surface area contributed by atoms with E-state index in [1.165, 1.54) is 91.9 Å². The third kappa shape index (κ3) is 3.26. The molecule has 4 fully saturated rings. The van der Waals surface area contributed by atoms with Crippen LogP contribution < -0.4 is 0 Å². The van der Waals surface area contributed by atoms with E-state index in [0.717, 1.165) is 41.4 Å². The van der Waals surface area contributed by atoms with Crippen LogP contribution in [0.4, 0.5) is 0 Å². The third-order valence-corrected chi connectivity index (χ3v) is 12.3. The third-order valence-electron chi connectivity index (χ3n) is 12.3. The molecule has 0 saturated heterocycles. The van der Waals surface area contributed by atoms with Crippen LogP contribution in [0.25, 0.3) is 22.2 Å². The molecule has 8 aliphatic carbocycles. The smallest absolute Gasteiger partial charge is 0.0747 e. The summed E-state index contributed by atoms with van der Waals surface area (Å²) in [5.41, 5.74) is 12.5. The molecule has 1 heterocycles. The summed E-state index contributed by atoms with van der Waals surface area (Å²) in [6.45, 7) is 7.08. The maximum absolute atomic E-state index is 5.61. The van der Waals surface area contributed by atoms with E-state index in [0.29, 0.717) is 5.92 Å². The predicted octanol–water partition coefficient (Wildman–Crippen LogP) is 9.98. The lowest BCUT2D eigenvalue weighted by Crippen LogP contribution is -2.25. The van der Waals surface area contributed by atoms with Gasteiger partial charge in [0.15, 0.2) is 0 Å². The van der Waals surface area contributed by atoms with Crippen molar-refractivity contribution in [2.45, 2.75) is 114 Å². The monoisotopic (exact) mass is 501 g/mol. The summed E-state index contributed by atoms with van der Waals surface area (Å²) in [6.07, 6.45) is 14.4. The van der Waals surface area contributed by atoms with Crippen LogP contribution in [0.2, 0.25) is 0 Å². The highest BCUT2D eigenvalue weighted by Gasteiger charge is 2.45. The molecule has 0 spiro atoms. The molecule has 4 unspecified atom stereocenters. The molecule has 196 valence electrons. The van der Waals surface area contributed by atoms with E-state index < -0.39 is 0 Å². The Kier molecular flexibility index (Phi) is 4.61. The van der Waals surface area contributed by atoms with Crippen molar-refractivity contribution in [3.63, 3.8) is 0 Å². The zero-order valence-electron chi connectivity index (χ0n) is 23.6. The first kappa shape index (κ1) is 22.6. The van der Waals surface area contributed by atoms with E-state index >= 15 is 0 Å². The molecule has 8 bridgehead atoms. The van der Waals surface area contributed by atoms with Gasteiger partial charge in [-0.05, 0) is 163 Å². The summed E-state index contributed by atoms with van der Waals surface area (Å²) in [4.78, 5) is 5.61. The Balaban J connectivity index is 1.28. The number of hydrogen-bond donors (Lipinski definition) is 0. The van der Waals surface area contributed by atoms with Gasteiger partial charge < -0.3 is 0 Å². The molecule has 2 aromatic carbocycles. The van der Waals surface area contributed by atoms with Crippen LogP contribution in [-0.2, 0) is 5.41 Å². The highest BCUT2D eigenvalue weighted by Crippen LogP contribution is 2.60. The number of fused-ring (bicyclic) bond motifs is 1. The Morgan fingerprint density at radius 2 is 1.16 bits per heavy atom. The van der Waals surface area contributed by atoms with Crippen LogP contribution in [-0.4, -0.2) is 4.98 Å². The fourth-order valence-corrected chi connectivity index (χ4v) is 11.0. The maximum atomic E-state index is 5.61. The van der Waals surface area contributed by atoms with Crippen molar-refractivity contribution in [2.24, 2.45) is 23.7 Å². The molecule has 1 nitrogen and oxygen atoms in total. The predicted molar refractivity (Wildman–Crippen MR) is 157 cm³/mol. The van der Waals surface area contributed by atoms with Crippen LogP contribution in [0.3, 0.4) is 0 Å². The van der Waals surface area contributed by atoms with Crippen molar-refractivity contribution in [3.8, 4) is 11.3 Å². The summed E-state index contributed by atoms with van der Waals surface area (Å²) in [7, 11) is 0. The van der Waals surface area contributed by atoms with E-state index in [1.54, 1.807) is 22.3 Å². The first-order chi connectivity index (χ1) is 18.4. The highest BCUT2D eigenvalue weighted by molar-refractivity contribution is 5.89. The average Bonchev–Trinajstić information content (AvgIpc) is 3.17. The van der Waals surface area contributed by atoms with Crippen molar-refractivity contribution in [1.82, 2.24) is 4.98 Å². The Labute approximate surface area is 228 Å². The van der Waals surface area contributed by atoms with Gasteiger partial charge in [-0.2, -0.15) is 0 Å². The summed E-state index contributed by atoms with van der Waals surface area (Å²) in [5.74, 6) is 6.86. The van der Waals surface area contributed by atoms with Crippen LogP contribution >= 0.6 is 0 Å². The van der Waals surface area contributed by atoms with Gasteiger partial charge in [0.25, 0.3) is 0 Å². The highest BCUT2D eigenvalue weighted by atomic mass is 14.7. The second kappa shape index (κ2) is 7.74. The lowest BCUT2D eigenvalue weighted by molar-refractivity contribution is 0.166. The Bertz CT molecular complexity index is 1440. The van der Waals surface area contributed by atoms with Crippen molar-refractivity contribution in [2.75, 3.05) is 0 Å². The molecule has 3 aromatic rings. The molecule has 0 radical (unpaired) electrons. The quantitative estimate of drug-likeness (QED) is 0.323. The molecule has 8 aliphatic rings. The second-order valence-electron chi connectivity index (χ2n) is 15.7. The Morgan fingerprint density at radius 1 is 0.579 bits per heavy atom. The molecule has 11 rings (SSSR count). The molecule has 38 heavy (non-hydrogen) atoms. The topological polar surface area (TPSA) is 12.9 Å². The van der Waals surface area contributed by atoms with Gasteiger partial charge in [0, 0.05) is 10.9 Å². The minimum absolute atomic E-state index is 0.164. The van der Waals surface area contributed by atoms with Gasteiger partial charge in [0.1, 0.15) is 0 Å². The maximum Gasteiger partial charge on any atom is 0.0747 e. The van der Waals surface area contributed by atoms with Gasteiger partial charge in [-0.3, -0.25) is 0 Å².